The maximum Gasteiger partial charge on any atom is 0.404 e. The number of hydrogen-bond donors (Lipinski definition) is 3. The molecule has 1 rings (SSSR count). The highest BCUT2D eigenvalue weighted by molar-refractivity contribution is 5.64. The molecular formula is C11H23N3O4. The molecule has 0 atom stereocenters. The highest BCUT2D eigenvalue weighted by atomic mass is 16.5. The Hall–Kier alpha value is -0.890. The lowest BCUT2D eigenvalue weighted by Crippen LogP contribution is -2.44. The van der Waals surface area contributed by atoms with E-state index in [1.54, 1.807) is 0 Å². The summed E-state index contributed by atoms with van der Waals surface area (Å²) in [6, 6.07) is 0. The lowest BCUT2D eigenvalue weighted by Gasteiger charge is -2.26. The summed E-state index contributed by atoms with van der Waals surface area (Å²) >= 11 is 0. The van der Waals surface area contributed by atoms with E-state index in [9.17, 15) is 4.79 Å². The van der Waals surface area contributed by atoms with Crippen LogP contribution < -0.4 is 10.6 Å². The molecule has 0 unspecified atom stereocenters. The second kappa shape index (κ2) is 10.1. The van der Waals surface area contributed by atoms with Crippen molar-refractivity contribution >= 4 is 6.09 Å². The van der Waals surface area contributed by atoms with Gasteiger partial charge in [0.2, 0.25) is 0 Å². The zero-order valence-electron chi connectivity index (χ0n) is 10.7. The van der Waals surface area contributed by atoms with Crippen molar-refractivity contribution in [3.8, 4) is 0 Å². The number of carbonyl (C=O) groups is 1. The largest absolute Gasteiger partial charge is 0.465 e. The van der Waals surface area contributed by atoms with Crippen LogP contribution in [0.4, 0.5) is 4.79 Å². The fourth-order valence-corrected chi connectivity index (χ4v) is 1.68. The van der Waals surface area contributed by atoms with Gasteiger partial charge in [-0.3, -0.25) is 4.90 Å². The fraction of sp³-hybridized carbons (Fsp3) is 0.909. The minimum atomic E-state index is -1.02. The number of nitrogens with one attached hydrogen (secondary N) is 2. The van der Waals surface area contributed by atoms with Gasteiger partial charge in [0.1, 0.15) is 0 Å². The number of piperazine rings is 1. The van der Waals surface area contributed by atoms with Crippen LogP contribution in [0.2, 0.25) is 0 Å². The Morgan fingerprint density at radius 3 is 2.50 bits per heavy atom. The second-order valence-electron chi connectivity index (χ2n) is 4.05. The van der Waals surface area contributed by atoms with Crippen molar-refractivity contribution in [3.63, 3.8) is 0 Å². The first-order valence-corrected chi connectivity index (χ1v) is 6.34. The zero-order chi connectivity index (χ0) is 13.1. The van der Waals surface area contributed by atoms with Gasteiger partial charge in [0, 0.05) is 39.3 Å². The van der Waals surface area contributed by atoms with Crippen molar-refractivity contribution in [3.05, 3.63) is 0 Å². The fourth-order valence-electron chi connectivity index (χ4n) is 1.68. The molecule has 0 aromatic heterocycles. The molecule has 0 bridgehead atoms. The van der Waals surface area contributed by atoms with E-state index in [1.807, 2.05) is 0 Å². The van der Waals surface area contributed by atoms with Gasteiger partial charge in [-0.2, -0.15) is 0 Å². The highest BCUT2D eigenvalue weighted by Crippen LogP contribution is 1.91. The molecule has 1 fully saturated rings. The molecule has 3 N–H and O–H groups in total. The maximum atomic E-state index is 10.1. The molecule has 1 aliphatic heterocycles. The van der Waals surface area contributed by atoms with Crippen LogP contribution in [0.5, 0.6) is 0 Å². The first kappa shape index (κ1) is 15.2. The smallest absolute Gasteiger partial charge is 0.404 e. The maximum absolute atomic E-state index is 10.1. The summed E-state index contributed by atoms with van der Waals surface area (Å²) in [4.78, 5) is 12.5. The molecule has 18 heavy (non-hydrogen) atoms. The molecule has 1 aliphatic rings. The predicted octanol–water partition coefficient (Wildman–Crippen LogP) is -0.808. The summed E-state index contributed by atoms with van der Waals surface area (Å²) in [7, 11) is 0. The Labute approximate surface area is 107 Å². The predicted molar refractivity (Wildman–Crippen MR) is 67.0 cm³/mol. The van der Waals surface area contributed by atoms with Crippen molar-refractivity contribution in [2.45, 2.75) is 0 Å². The van der Waals surface area contributed by atoms with Gasteiger partial charge in [0.15, 0.2) is 0 Å². The van der Waals surface area contributed by atoms with Gasteiger partial charge in [-0.1, -0.05) is 0 Å². The van der Waals surface area contributed by atoms with E-state index in [1.165, 1.54) is 0 Å². The Bertz CT molecular complexity index is 222. The van der Waals surface area contributed by atoms with Gasteiger partial charge >= 0.3 is 6.09 Å². The standard InChI is InChI=1S/C11H23N3O4/c15-11(16)13-3-7-17-9-10-18-8-6-14-4-1-12-2-5-14/h12-13H,1-10H2,(H,15,16). The lowest BCUT2D eigenvalue weighted by molar-refractivity contribution is 0.0384. The topological polar surface area (TPSA) is 83.1 Å². The Balaban J connectivity index is 1.76. The van der Waals surface area contributed by atoms with Gasteiger partial charge in [0.05, 0.1) is 26.4 Å². The number of ether oxygens (including phenoxy) is 2. The van der Waals surface area contributed by atoms with Gasteiger partial charge in [-0.15, -0.1) is 0 Å². The van der Waals surface area contributed by atoms with Crippen LogP contribution in [0.1, 0.15) is 0 Å². The average Bonchev–Trinajstić information content (AvgIpc) is 2.37. The third-order valence-corrected chi connectivity index (χ3v) is 2.66. The van der Waals surface area contributed by atoms with Crippen LogP contribution in [0.25, 0.3) is 0 Å². The first-order valence-electron chi connectivity index (χ1n) is 6.34. The van der Waals surface area contributed by atoms with Crippen LogP contribution in [-0.2, 0) is 9.47 Å². The van der Waals surface area contributed by atoms with E-state index in [-0.39, 0.29) is 0 Å². The summed E-state index contributed by atoms with van der Waals surface area (Å²) in [5, 5.41) is 13.8. The van der Waals surface area contributed by atoms with E-state index in [2.05, 4.69) is 15.5 Å². The molecular weight excluding hydrogens is 238 g/mol. The highest BCUT2D eigenvalue weighted by Gasteiger charge is 2.08. The first-order chi connectivity index (χ1) is 8.79. The van der Waals surface area contributed by atoms with Crippen LogP contribution in [0, 0.1) is 0 Å². The van der Waals surface area contributed by atoms with Gasteiger partial charge in [-0.25, -0.2) is 4.79 Å². The van der Waals surface area contributed by atoms with Crippen molar-refractivity contribution in [2.24, 2.45) is 0 Å². The zero-order valence-corrected chi connectivity index (χ0v) is 10.7. The Kier molecular flexibility index (Phi) is 8.49. The van der Waals surface area contributed by atoms with Crippen molar-refractivity contribution in [2.75, 3.05) is 65.7 Å². The summed E-state index contributed by atoms with van der Waals surface area (Å²) in [6.07, 6.45) is -1.02. The van der Waals surface area contributed by atoms with E-state index in [0.717, 1.165) is 39.3 Å². The monoisotopic (exact) mass is 261 g/mol. The van der Waals surface area contributed by atoms with Crippen LogP contribution in [0.15, 0.2) is 0 Å². The molecule has 7 nitrogen and oxygen atoms in total. The molecule has 0 aromatic rings. The van der Waals surface area contributed by atoms with E-state index in [0.29, 0.717) is 26.4 Å². The van der Waals surface area contributed by atoms with Crippen LogP contribution in [0.3, 0.4) is 0 Å². The molecule has 0 spiro atoms. The summed E-state index contributed by atoms with van der Waals surface area (Å²) in [6.45, 7) is 7.71. The molecule has 106 valence electrons. The Morgan fingerprint density at radius 2 is 1.83 bits per heavy atom. The third kappa shape index (κ3) is 8.24. The number of amides is 1. The number of carboxylic acid groups (broad SMARTS) is 1. The van der Waals surface area contributed by atoms with E-state index in [4.69, 9.17) is 14.6 Å². The van der Waals surface area contributed by atoms with E-state index < -0.39 is 6.09 Å². The molecule has 7 heteroatoms. The minimum absolute atomic E-state index is 0.316. The van der Waals surface area contributed by atoms with Crippen LogP contribution >= 0.6 is 0 Å². The lowest BCUT2D eigenvalue weighted by atomic mass is 10.4. The third-order valence-electron chi connectivity index (χ3n) is 2.66. The molecule has 0 saturated carbocycles. The van der Waals surface area contributed by atoms with Gasteiger partial charge in [0.25, 0.3) is 0 Å². The van der Waals surface area contributed by atoms with Gasteiger partial charge < -0.3 is 25.2 Å². The normalized spacial score (nSPS) is 16.7. The summed E-state index contributed by atoms with van der Waals surface area (Å²) in [5.41, 5.74) is 0. The Morgan fingerprint density at radius 1 is 1.17 bits per heavy atom. The minimum Gasteiger partial charge on any atom is -0.465 e. The number of rotatable bonds is 9. The van der Waals surface area contributed by atoms with Gasteiger partial charge in [-0.05, 0) is 0 Å². The molecule has 0 aromatic carbocycles. The second-order valence-corrected chi connectivity index (χ2v) is 4.05. The van der Waals surface area contributed by atoms with Crippen molar-refractivity contribution in [1.82, 2.24) is 15.5 Å². The van der Waals surface area contributed by atoms with Crippen molar-refractivity contribution in [1.29, 1.82) is 0 Å². The molecule has 1 saturated heterocycles. The number of nitrogens with zero attached hydrogens (tertiary/aromatic N) is 1. The summed E-state index contributed by atoms with van der Waals surface area (Å²) < 4.78 is 10.6. The molecule has 0 aliphatic carbocycles. The number of hydrogen-bond acceptors (Lipinski definition) is 5. The summed E-state index contributed by atoms with van der Waals surface area (Å²) in [5.74, 6) is 0. The SMILES string of the molecule is O=C(O)NCCOCCOCCN1CCNCC1. The van der Waals surface area contributed by atoms with Crippen molar-refractivity contribution < 1.29 is 19.4 Å². The molecule has 1 heterocycles. The molecule has 0 radical (unpaired) electrons. The quantitative estimate of drug-likeness (QED) is 0.471. The average molecular weight is 261 g/mol. The molecule has 1 amide bonds. The van der Waals surface area contributed by atoms with Crippen LogP contribution in [-0.4, -0.2) is 81.8 Å². The van der Waals surface area contributed by atoms with E-state index >= 15 is 0 Å².